The van der Waals surface area contributed by atoms with Gasteiger partial charge in [0.15, 0.2) is 0 Å². The third kappa shape index (κ3) is 5.04. The molecule has 0 unspecified atom stereocenters. The predicted octanol–water partition coefficient (Wildman–Crippen LogP) is 4.79. The van der Waals surface area contributed by atoms with E-state index in [2.05, 4.69) is 32.1 Å². The number of ketones is 1. The molecule has 166 valence electrons. The summed E-state index contributed by atoms with van der Waals surface area (Å²) in [6.07, 6.45) is 9.54. The van der Waals surface area contributed by atoms with Crippen LogP contribution in [0.5, 0.6) is 0 Å². The molecule has 3 aliphatic rings. The van der Waals surface area contributed by atoms with Gasteiger partial charge in [-0.05, 0) is 62.9 Å². The quantitative estimate of drug-likeness (QED) is 0.460. The van der Waals surface area contributed by atoms with E-state index in [9.17, 15) is 14.4 Å². The van der Waals surface area contributed by atoms with Crippen LogP contribution in [0.2, 0.25) is 0 Å². The molecule has 3 rings (SSSR count). The van der Waals surface area contributed by atoms with Gasteiger partial charge in [0.25, 0.3) is 0 Å². The van der Waals surface area contributed by atoms with Crippen LogP contribution in [0, 0.1) is 29.1 Å². The average molecular weight is 417 g/mol. The zero-order valence-corrected chi connectivity index (χ0v) is 19.0. The molecule has 1 aliphatic heterocycles. The van der Waals surface area contributed by atoms with Gasteiger partial charge in [0, 0.05) is 12.3 Å². The molecule has 6 atom stereocenters. The first kappa shape index (κ1) is 22.8. The smallest absolute Gasteiger partial charge is 0.313 e. The molecule has 1 heterocycles. The number of hydrogen-bond acceptors (Lipinski definition) is 5. The van der Waals surface area contributed by atoms with Gasteiger partial charge in [0.05, 0.1) is 5.41 Å². The van der Waals surface area contributed by atoms with Gasteiger partial charge in [-0.3, -0.25) is 14.4 Å². The van der Waals surface area contributed by atoms with E-state index in [1.165, 1.54) is 5.57 Å². The van der Waals surface area contributed by atoms with Gasteiger partial charge >= 0.3 is 11.9 Å². The van der Waals surface area contributed by atoms with Gasteiger partial charge in [0.2, 0.25) is 0 Å². The van der Waals surface area contributed by atoms with Crippen molar-refractivity contribution in [2.45, 2.75) is 85.4 Å². The largest absolute Gasteiger partial charge is 0.462 e. The molecule has 0 spiro atoms. The van der Waals surface area contributed by atoms with Crippen molar-refractivity contribution in [1.82, 2.24) is 0 Å². The van der Waals surface area contributed by atoms with Crippen molar-refractivity contribution < 1.29 is 23.9 Å². The second-order valence-electron chi connectivity index (χ2n) is 10.1. The van der Waals surface area contributed by atoms with Crippen LogP contribution in [-0.4, -0.2) is 29.9 Å². The highest BCUT2D eigenvalue weighted by atomic mass is 16.5. The molecule has 1 fully saturated rings. The summed E-state index contributed by atoms with van der Waals surface area (Å²) in [5.74, 6) is 0.545. The third-order valence-corrected chi connectivity index (χ3v) is 7.21. The summed E-state index contributed by atoms with van der Waals surface area (Å²) in [6, 6.07) is 0. The molecule has 0 radical (unpaired) electrons. The second-order valence-corrected chi connectivity index (χ2v) is 10.1. The number of esters is 2. The van der Waals surface area contributed by atoms with E-state index < -0.39 is 11.4 Å². The molecule has 1 saturated heterocycles. The first-order chi connectivity index (χ1) is 14.1. The molecule has 0 aromatic rings. The zero-order valence-electron chi connectivity index (χ0n) is 19.0. The molecule has 0 N–H and O–H groups in total. The number of fused-ring (bicyclic) bond motifs is 1. The van der Waals surface area contributed by atoms with Crippen molar-refractivity contribution in [1.29, 1.82) is 0 Å². The molecule has 0 amide bonds. The molecule has 0 aromatic heterocycles. The highest BCUT2D eigenvalue weighted by Gasteiger charge is 2.43. The maximum Gasteiger partial charge on any atom is 0.313 e. The highest BCUT2D eigenvalue weighted by molar-refractivity contribution is 5.97. The Balaban J connectivity index is 1.77. The molecule has 0 aromatic carbocycles. The Morgan fingerprint density at radius 3 is 2.63 bits per heavy atom. The molecular formula is C25H36O5. The van der Waals surface area contributed by atoms with E-state index in [4.69, 9.17) is 9.47 Å². The topological polar surface area (TPSA) is 69.7 Å². The number of carbonyl (C=O) groups is 3. The van der Waals surface area contributed by atoms with Crippen LogP contribution < -0.4 is 0 Å². The second kappa shape index (κ2) is 9.07. The average Bonchev–Trinajstić information content (AvgIpc) is 2.66. The summed E-state index contributed by atoms with van der Waals surface area (Å²) in [5, 5.41) is 0. The fraction of sp³-hybridized carbons (Fsp3) is 0.720. The minimum Gasteiger partial charge on any atom is -0.462 e. The summed E-state index contributed by atoms with van der Waals surface area (Å²) in [4.78, 5) is 36.3. The Hall–Kier alpha value is -1.91. The summed E-state index contributed by atoms with van der Waals surface area (Å²) >= 11 is 0. The van der Waals surface area contributed by atoms with Gasteiger partial charge < -0.3 is 9.47 Å². The fourth-order valence-corrected chi connectivity index (χ4v) is 4.96. The van der Waals surface area contributed by atoms with E-state index in [-0.39, 0.29) is 42.2 Å². The van der Waals surface area contributed by atoms with Crippen LogP contribution in [0.25, 0.3) is 0 Å². The van der Waals surface area contributed by atoms with Gasteiger partial charge in [-0.15, -0.1) is 0 Å². The number of rotatable bonds is 6. The Kier molecular flexibility index (Phi) is 6.88. The lowest BCUT2D eigenvalue weighted by Gasteiger charge is -2.44. The van der Waals surface area contributed by atoms with Crippen LogP contribution in [0.3, 0.4) is 0 Å². The standard InChI is InChI=1S/C25H36O5/c1-6-25(4,5)24(28)30-21-12-15(2)11-17-8-7-16(3)20(23(17)21)10-9-19-13-18(26)14-22(27)29-19/h7-8,11,15-16,19-21,23H,6,9-10,12-14H2,1-5H3/t15-,16-,19+,20-,21-,23-/m0/s1. The van der Waals surface area contributed by atoms with Crippen LogP contribution >= 0.6 is 0 Å². The minimum atomic E-state index is -0.493. The SMILES string of the molecule is CCC(C)(C)C(=O)O[C@H]1C[C@@H](C)C=C2C=C[C@H](C)[C@H](CC[C@@H]3CC(=O)CC(=O)O3)[C@H]21. The summed E-state index contributed by atoms with van der Waals surface area (Å²) in [7, 11) is 0. The zero-order chi connectivity index (χ0) is 22.1. The van der Waals surface area contributed by atoms with Crippen LogP contribution in [0.4, 0.5) is 0 Å². The van der Waals surface area contributed by atoms with E-state index >= 15 is 0 Å². The minimum absolute atomic E-state index is 0.0338. The summed E-state index contributed by atoms with van der Waals surface area (Å²) in [5.41, 5.74) is 0.757. The monoisotopic (exact) mass is 416 g/mol. The Bertz CT molecular complexity index is 731. The lowest BCUT2D eigenvalue weighted by atomic mass is 9.65. The lowest BCUT2D eigenvalue weighted by molar-refractivity contribution is -0.165. The molecule has 5 nitrogen and oxygen atoms in total. The van der Waals surface area contributed by atoms with Gasteiger partial charge in [-0.1, -0.05) is 39.0 Å². The van der Waals surface area contributed by atoms with Crippen LogP contribution in [-0.2, 0) is 23.9 Å². The molecule has 0 bridgehead atoms. The van der Waals surface area contributed by atoms with E-state index in [0.29, 0.717) is 24.7 Å². The van der Waals surface area contributed by atoms with Crippen molar-refractivity contribution in [3.63, 3.8) is 0 Å². The summed E-state index contributed by atoms with van der Waals surface area (Å²) < 4.78 is 11.5. The molecular weight excluding hydrogens is 380 g/mol. The van der Waals surface area contributed by atoms with Crippen molar-refractivity contribution in [2.24, 2.45) is 29.1 Å². The Labute approximate surface area is 180 Å². The van der Waals surface area contributed by atoms with E-state index in [0.717, 1.165) is 19.3 Å². The van der Waals surface area contributed by atoms with Crippen molar-refractivity contribution in [3.8, 4) is 0 Å². The Morgan fingerprint density at radius 2 is 1.97 bits per heavy atom. The van der Waals surface area contributed by atoms with E-state index in [1.54, 1.807) is 0 Å². The number of Topliss-reactive ketones (excluding diaryl/α,β-unsaturated/α-hetero) is 1. The number of hydrogen-bond donors (Lipinski definition) is 0. The van der Waals surface area contributed by atoms with Crippen LogP contribution in [0.15, 0.2) is 23.8 Å². The molecule has 0 saturated carbocycles. The van der Waals surface area contributed by atoms with E-state index in [1.807, 2.05) is 20.8 Å². The number of carbonyl (C=O) groups excluding carboxylic acids is 3. The first-order valence-corrected chi connectivity index (χ1v) is 11.4. The Morgan fingerprint density at radius 1 is 1.23 bits per heavy atom. The van der Waals surface area contributed by atoms with Gasteiger partial charge in [-0.25, -0.2) is 0 Å². The normalized spacial score (nSPS) is 34.1. The highest BCUT2D eigenvalue weighted by Crippen LogP contribution is 2.45. The molecule has 30 heavy (non-hydrogen) atoms. The summed E-state index contributed by atoms with van der Waals surface area (Å²) in [6.45, 7) is 10.3. The third-order valence-electron chi connectivity index (χ3n) is 7.21. The maximum absolute atomic E-state index is 12.9. The van der Waals surface area contributed by atoms with Crippen LogP contribution in [0.1, 0.15) is 73.1 Å². The molecule has 5 heteroatoms. The number of ether oxygens (including phenoxy) is 2. The van der Waals surface area contributed by atoms with Crippen molar-refractivity contribution in [2.75, 3.05) is 0 Å². The van der Waals surface area contributed by atoms with Crippen molar-refractivity contribution in [3.05, 3.63) is 23.8 Å². The fourth-order valence-electron chi connectivity index (χ4n) is 4.96. The predicted molar refractivity (Wildman–Crippen MR) is 114 cm³/mol. The number of cyclic esters (lactones) is 1. The maximum atomic E-state index is 12.9. The van der Waals surface area contributed by atoms with Gasteiger partial charge in [0.1, 0.15) is 24.4 Å². The van der Waals surface area contributed by atoms with Gasteiger partial charge in [-0.2, -0.15) is 0 Å². The number of allylic oxidation sites excluding steroid dienone is 3. The first-order valence-electron chi connectivity index (χ1n) is 11.4. The van der Waals surface area contributed by atoms with Crippen molar-refractivity contribution >= 4 is 17.7 Å². The molecule has 2 aliphatic carbocycles. The lowest BCUT2D eigenvalue weighted by Crippen LogP contribution is -2.43.